The molecule has 1 saturated heterocycles. The van der Waals surface area contributed by atoms with E-state index in [0.29, 0.717) is 6.54 Å². The zero-order valence-electron chi connectivity index (χ0n) is 19.3. The van der Waals surface area contributed by atoms with Gasteiger partial charge in [-0.1, -0.05) is 18.2 Å². The molecule has 0 saturated carbocycles. The molecule has 0 aliphatic carbocycles. The first-order valence-electron chi connectivity index (χ1n) is 10.7. The largest absolute Gasteiger partial charge is 0.493 e. The molecule has 1 fully saturated rings. The fraction of sp³-hybridized carbons (Fsp3) is 0.435. The third kappa shape index (κ3) is 7.46. The summed E-state index contributed by atoms with van der Waals surface area (Å²) in [5.74, 6) is 2.31. The van der Waals surface area contributed by atoms with E-state index in [1.54, 1.807) is 26.4 Å². The predicted molar refractivity (Wildman–Crippen MR) is 140 cm³/mol. The molecule has 33 heavy (non-hydrogen) atoms. The number of nitro benzene ring substituents is 1. The lowest BCUT2D eigenvalue weighted by Gasteiger charge is -2.36. The Bertz CT molecular complexity index is 948. The molecular formula is C23H32IN5O4. The third-order valence-corrected chi connectivity index (χ3v) is 5.39. The van der Waals surface area contributed by atoms with E-state index in [-0.39, 0.29) is 34.6 Å². The summed E-state index contributed by atoms with van der Waals surface area (Å²) in [7, 11) is 3.29. The van der Waals surface area contributed by atoms with Crippen molar-refractivity contribution in [1.29, 1.82) is 0 Å². The van der Waals surface area contributed by atoms with Gasteiger partial charge in [-0.05, 0) is 30.2 Å². The SMILES string of the molecule is CCNC(=NCc1cccc([N+](=O)[O-])c1)N1CCN(Cc2ccc(OC)c(OC)c2)CC1.I. The zero-order valence-corrected chi connectivity index (χ0v) is 21.7. The number of methoxy groups -OCH3 is 2. The molecule has 1 heterocycles. The van der Waals surface area contributed by atoms with Crippen LogP contribution >= 0.6 is 24.0 Å². The van der Waals surface area contributed by atoms with E-state index in [1.165, 1.54) is 11.6 Å². The number of nitro groups is 1. The van der Waals surface area contributed by atoms with E-state index < -0.39 is 0 Å². The number of nitrogens with one attached hydrogen (secondary N) is 1. The number of benzene rings is 2. The molecule has 0 amide bonds. The van der Waals surface area contributed by atoms with Crippen molar-refractivity contribution in [3.05, 3.63) is 63.7 Å². The van der Waals surface area contributed by atoms with Crippen LogP contribution in [-0.2, 0) is 13.1 Å². The second-order valence-corrected chi connectivity index (χ2v) is 7.55. The topological polar surface area (TPSA) is 92.5 Å². The van der Waals surface area contributed by atoms with Crippen LogP contribution in [0.1, 0.15) is 18.1 Å². The van der Waals surface area contributed by atoms with Crippen LogP contribution in [0.25, 0.3) is 0 Å². The number of ether oxygens (including phenoxy) is 2. The average molecular weight is 569 g/mol. The molecule has 2 aromatic rings. The minimum atomic E-state index is -0.379. The number of hydrogen-bond donors (Lipinski definition) is 1. The van der Waals surface area contributed by atoms with Gasteiger partial charge in [0.25, 0.3) is 5.69 Å². The van der Waals surface area contributed by atoms with Gasteiger partial charge < -0.3 is 19.7 Å². The summed E-state index contributed by atoms with van der Waals surface area (Å²) in [6.07, 6.45) is 0. The Balaban J connectivity index is 0.00000385. The molecule has 0 atom stereocenters. The number of halogens is 1. The Labute approximate surface area is 211 Å². The van der Waals surface area contributed by atoms with Crippen molar-refractivity contribution < 1.29 is 14.4 Å². The van der Waals surface area contributed by atoms with E-state index >= 15 is 0 Å². The smallest absolute Gasteiger partial charge is 0.269 e. The number of non-ortho nitro benzene ring substituents is 1. The molecule has 1 aliphatic rings. The van der Waals surface area contributed by atoms with Gasteiger partial charge in [-0.3, -0.25) is 15.0 Å². The van der Waals surface area contributed by atoms with Crippen LogP contribution in [0.3, 0.4) is 0 Å². The fourth-order valence-electron chi connectivity index (χ4n) is 3.72. The molecule has 10 heteroatoms. The van der Waals surface area contributed by atoms with Crippen molar-refractivity contribution in [1.82, 2.24) is 15.1 Å². The van der Waals surface area contributed by atoms with Crippen molar-refractivity contribution in [3.8, 4) is 11.5 Å². The monoisotopic (exact) mass is 569 g/mol. The highest BCUT2D eigenvalue weighted by atomic mass is 127. The van der Waals surface area contributed by atoms with Crippen LogP contribution in [-0.4, -0.2) is 67.6 Å². The quantitative estimate of drug-likeness (QED) is 0.171. The maximum atomic E-state index is 11.0. The summed E-state index contributed by atoms with van der Waals surface area (Å²) in [6.45, 7) is 7.58. The highest BCUT2D eigenvalue weighted by Gasteiger charge is 2.20. The van der Waals surface area contributed by atoms with Gasteiger partial charge in [0.1, 0.15) is 0 Å². The first kappa shape index (κ1) is 26.7. The lowest BCUT2D eigenvalue weighted by molar-refractivity contribution is -0.384. The summed E-state index contributed by atoms with van der Waals surface area (Å²) in [5.41, 5.74) is 2.09. The number of hydrogen-bond acceptors (Lipinski definition) is 6. The van der Waals surface area contributed by atoms with E-state index in [4.69, 9.17) is 14.5 Å². The second-order valence-electron chi connectivity index (χ2n) is 7.55. The molecule has 9 nitrogen and oxygen atoms in total. The molecule has 1 N–H and O–H groups in total. The second kappa shape index (κ2) is 13.2. The first-order chi connectivity index (χ1) is 15.5. The third-order valence-electron chi connectivity index (χ3n) is 5.39. The van der Waals surface area contributed by atoms with Crippen molar-refractivity contribution >= 4 is 35.6 Å². The van der Waals surface area contributed by atoms with Crippen LogP contribution in [0.5, 0.6) is 11.5 Å². The molecule has 1 aliphatic heterocycles. The van der Waals surface area contributed by atoms with E-state index in [1.807, 2.05) is 25.1 Å². The molecule has 3 rings (SSSR count). The minimum Gasteiger partial charge on any atom is -0.493 e. The van der Waals surface area contributed by atoms with Crippen LogP contribution < -0.4 is 14.8 Å². The van der Waals surface area contributed by atoms with Crippen molar-refractivity contribution in [2.24, 2.45) is 4.99 Å². The van der Waals surface area contributed by atoms with Crippen molar-refractivity contribution in [3.63, 3.8) is 0 Å². The van der Waals surface area contributed by atoms with Gasteiger partial charge in [-0.25, -0.2) is 4.99 Å². The normalized spacial score (nSPS) is 14.4. The summed E-state index contributed by atoms with van der Waals surface area (Å²) < 4.78 is 10.7. The Kier molecular flexibility index (Phi) is 10.7. The van der Waals surface area contributed by atoms with Gasteiger partial charge in [0.15, 0.2) is 17.5 Å². The number of aliphatic imine (C=N–C) groups is 1. The number of guanidine groups is 1. The molecule has 180 valence electrons. The minimum absolute atomic E-state index is 0. The Morgan fingerprint density at radius 2 is 1.79 bits per heavy atom. The molecular weight excluding hydrogens is 537 g/mol. The number of piperazine rings is 1. The lowest BCUT2D eigenvalue weighted by Crippen LogP contribution is -2.52. The van der Waals surface area contributed by atoms with Crippen molar-refractivity contribution in [2.75, 3.05) is 46.9 Å². The number of rotatable bonds is 8. The summed E-state index contributed by atoms with van der Waals surface area (Å²) in [5, 5.41) is 14.3. The molecule has 0 radical (unpaired) electrons. The standard InChI is InChI=1S/C23H31N5O4.HI/c1-4-24-23(25-16-18-6-5-7-20(14-18)28(29)30)27-12-10-26(11-13-27)17-19-8-9-21(31-2)22(15-19)32-3;/h5-9,14-15H,4,10-13,16-17H2,1-3H3,(H,24,25);1H. The fourth-order valence-corrected chi connectivity index (χ4v) is 3.72. The lowest BCUT2D eigenvalue weighted by atomic mass is 10.1. The molecule has 0 spiro atoms. The highest BCUT2D eigenvalue weighted by Crippen LogP contribution is 2.28. The number of nitrogens with zero attached hydrogens (tertiary/aromatic N) is 4. The van der Waals surface area contributed by atoms with E-state index in [9.17, 15) is 10.1 Å². The van der Waals surface area contributed by atoms with Crippen LogP contribution in [0.4, 0.5) is 5.69 Å². The van der Waals surface area contributed by atoms with Gasteiger partial charge in [0.05, 0.1) is 25.7 Å². The average Bonchev–Trinajstić information content (AvgIpc) is 2.82. The van der Waals surface area contributed by atoms with Gasteiger partial charge in [-0.2, -0.15) is 0 Å². The van der Waals surface area contributed by atoms with Crippen LogP contribution in [0.2, 0.25) is 0 Å². The summed E-state index contributed by atoms with van der Waals surface area (Å²) in [6, 6.07) is 12.7. The zero-order chi connectivity index (χ0) is 22.9. The van der Waals surface area contributed by atoms with E-state index in [2.05, 4.69) is 21.2 Å². The van der Waals surface area contributed by atoms with E-state index in [0.717, 1.165) is 62.3 Å². The Morgan fingerprint density at radius 3 is 2.42 bits per heavy atom. The molecule has 0 bridgehead atoms. The maximum absolute atomic E-state index is 11.0. The van der Waals surface area contributed by atoms with Gasteiger partial charge in [0, 0.05) is 51.4 Å². The van der Waals surface area contributed by atoms with Gasteiger partial charge in [0.2, 0.25) is 0 Å². The molecule has 0 aromatic heterocycles. The molecule has 2 aromatic carbocycles. The first-order valence-corrected chi connectivity index (χ1v) is 10.7. The summed E-state index contributed by atoms with van der Waals surface area (Å²) in [4.78, 5) is 20.0. The predicted octanol–water partition coefficient (Wildman–Crippen LogP) is 3.51. The molecule has 0 unspecified atom stereocenters. The van der Waals surface area contributed by atoms with Crippen LogP contribution in [0, 0.1) is 10.1 Å². The Hall–Kier alpha value is -2.60. The van der Waals surface area contributed by atoms with Crippen molar-refractivity contribution in [2.45, 2.75) is 20.0 Å². The summed E-state index contributed by atoms with van der Waals surface area (Å²) >= 11 is 0. The Morgan fingerprint density at radius 1 is 1.06 bits per heavy atom. The maximum Gasteiger partial charge on any atom is 0.269 e. The van der Waals surface area contributed by atoms with Gasteiger partial charge in [-0.15, -0.1) is 24.0 Å². The van der Waals surface area contributed by atoms with Crippen LogP contribution in [0.15, 0.2) is 47.5 Å². The highest BCUT2D eigenvalue weighted by molar-refractivity contribution is 14.0. The van der Waals surface area contributed by atoms with Gasteiger partial charge >= 0.3 is 0 Å².